The molecule has 1 aliphatic rings. The first-order chi connectivity index (χ1) is 7.47. The molecule has 0 aromatic carbocycles. The summed E-state index contributed by atoms with van der Waals surface area (Å²) in [5.41, 5.74) is 0. The van der Waals surface area contributed by atoms with E-state index in [9.17, 15) is 8.42 Å². The highest BCUT2D eigenvalue weighted by molar-refractivity contribution is 7.88. The molecule has 2 rings (SSSR count). The summed E-state index contributed by atoms with van der Waals surface area (Å²) in [7, 11) is -3.05. The lowest BCUT2D eigenvalue weighted by Crippen LogP contribution is -2.38. The van der Waals surface area contributed by atoms with Gasteiger partial charge in [0.2, 0.25) is 10.0 Å². The van der Waals surface area contributed by atoms with Crippen LogP contribution in [0, 0.1) is 6.92 Å². The van der Waals surface area contributed by atoms with Gasteiger partial charge in [0.15, 0.2) is 0 Å². The monoisotopic (exact) mass is 260 g/mol. The summed E-state index contributed by atoms with van der Waals surface area (Å²) in [4.78, 5) is 5.54. The normalized spacial score (nSPS) is 23.5. The van der Waals surface area contributed by atoms with E-state index in [1.165, 1.54) is 11.1 Å². The van der Waals surface area contributed by atoms with E-state index < -0.39 is 10.0 Å². The fourth-order valence-corrected chi connectivity index (χ4v) is 3.82. The molecule has 1 aromatic rings. The van der Waals surface area contributed by atoms with Gasteiger partial charge in [-0.15, -0.1) is 11.3 Å². The molecule has 0 radical (unpaired) electrons. The summed E-state index contributed by atoms with van der Waals surface area (Å²) in [6.45, 7) is 3.27. The first kappa shape index (κ1) is 12.0. The Morgan fingerprint density at radius 3 is 2.88 bits per heavy atom. The van der Waals surface area contributed by atoms with Crippen LogP contribution < -0.4 is 0 Å². The lowest BCUT2D eigenvalue weighted by molar-refractivity contribution is 0.317. The van der Waals surface area contributed by atoms with Crippen LogP contribution in [0.2, 0.25) is 0 Å². The predicted octanol–water partition coefficient (Wildman–Crippen LogP) is 1.59. The summed E-state index contributed by atoms with van der Waals surface area (Å²) < 4.78 is 24.5. The highest BCUT2D eigenvalue weighted by Crippen LogP contribution is 2.30. The molecule has 90 valence electrons. The molecular weight excluding hydrogens is 244 g/mol. The van der Waals surface area contributed by atoms with E-state index in [2.05, 4.69) is 4.98 Å². The number of piperidine rings is 1. The second-order valence-corrected chi connectivity index (χ2v) is 7.52. The van der Waals surface area contributed by atoms with Crippen LogP contribution in [-0.4, -0.2) is 37.1 Å². The maximum Gasteiger partial charge on any atom is 0.211 e. The molecule has 0 aliphatic carbocycles. The molecule has 6 heteroatoms. The molecule has 1 aromatic heterocycles. The van der Waals surface area contributed by atoms with E-state index >= 15 is 0 Å². The fraction of sp³-hybridized carbons (Fsp3) is 0.700. The van der Waals surface area contributed by atoms with Crippen molar-refractivity contribution in [3.8, 4) is 0 Å². The van der Waals surface area contributed by atoms with Crippen LogP contribution in [0.4, 0.5) is 0 Å². The third-order valence-electron chi connectivity index (χ3n) is 2.84. The lowest BCUT2D eigenvalue weighted by atomic mass is 10.0. The van der Waals surface area contributed by atoms with E-state index in [4.69, 9.17) is 0 Å². The van der Waals surface area contributed by atoms with Gasteiger partial charge in [-0.2, -0.15) is 0 Å². The SMILES string of the molecule is Cc1cnc(C2CCCN(S(C)(=O)=O)C2)s1. The maximum absolute atomic E-state index is 11.5. The van der Waals surface area contributed by atoms with Crippen LogP contribution in [0.25, 0.3) is 0 Å². The highest BCUT2D eigenvalue weighted by atomic mass is 32.2. The van der Waals surface area contributed by atoms with Crippen molar-refractivity contribution in [2.45, 2.75) is 25.7 Å². The summed E-state index contributed by atoms with van der Waals surface area (Å²) in [5, 5.41) is 1.07. The average Bonchev–Trinajstić information content (AvgIpc) is 2.64. The van der Waals surface area contributed by atoms with Crippen molar-refractivity contribution >= 4 is 21.4 Å². The van der Waals surface area contributed by atoms with Crippen LogP contribution in [0.3, 0.4) is 0 Å². The van der Waals surface area contributed by atoms with Gasteiger partial charge in [0.1, 0.15) is 0 Å². The van der Waals surface area contributed by atoms with Crippen molar-refractivity contribution in [1.82, 2.24) is 9.29 Å². The minimum atomic E-state index is -3.05. The molecule has 16 heavy (non-hydrogen) atoms. The molecule has 1 fully saturated rings. The van der Waals surface area contributed by atoms with E-state index in [1.54, 1.807) is 15.6 Å². The Balaban J connectivity index is 2.13. The molecule has 0 spiro atoms. The minimum absolute atomic E-state index is 0.280. The smallest absolute Gasteiger partial charge is 0.211 e. The number of hydrogen-bond acceptors (Lipinski definition) is 4. The van der Waals surface area contributed by atoms with Gasteiger partial charge >= 0.3 is 0 Å². The fourth-order valence-electron chi connectivity index (χ4n) is 2.01. The minimum Gasteiger partial charge on any atom is -0.249 e. The van der Waals surface area contributed by atoms with Crippen molar-refractivity contribution in [2.75, 3.05) is 19.3 Å². The number of aromatic nitrogens is 1. The first-order valence-electron chi connectivity index (χ1n) is 5.34. The van der Waals surface area contributed by atoms with Crippen molar-refractivity contribution in [1.29, 1.82) is 0 Å². The largest absolute Gasteiger partial charge is 0.249 e. The lowest BCUT2D eigenvalue weighted by Gasteiger charge is -2.29. The Labute approximate surface area is 100 Å². The van der Waals surface area contributed by atoms with Gasteiger partial charge in [0.05, 0.1) is 11.3 Å². The van der Waals surface area contributed by atoms with Crippen LogP contribution in [-0.2, 0) is 10.0 Å². The third kappa shape index (κ3) is 2.61. The molecule has 0 amide bonds. The standard InChI is InChI=1S/C10H16N2O2S2/c1-8-6-11-10(15-8)9-4-3-5-12(7-9)16(2,13)14/h6,9H,3-5,7H2,1-2H3. The van der Waals surface area contributed by atoms with Crippen molar-refractivity contribution in [3.05, 3.63) is 16.1 Å². The van der Waals surface area contributed by atoms with Crippen molar-refractivity contribution in [3.63, 3.8) is 0 Å². The molecule has 0 N–H and O–H groups in total. The zero-order chi connectivity index (χ0) is 11.8. The number of nitrogens with zero attached hydrogens (tertiary/aromatic N) is 2. The number of rotatable bonds is 2. The Hall–Kier alpha value is -0.460. The summed E-state index contributed by atoms with van der Waals surface area (Å²) in [6.07, 6.45) is 5.11. The zero-order valence-electron chi connectivity index (χ0n) is 9.51. The van der Waals surface area contributed by atoms with Gasteiger partial charge in [0.25, 0.3) is 0 Å². The van der Waals surface area contributed by atoms with E-state index in [0.29, 0.717) is 13.1 Å². The van der Waals surface area contributed by atoms with Gasteiger partial charge < -0.3 is 0 Å². The second kappa shape index (κ2) is 4.43. The second-order valence-electron chi connectivity index (χ2n) is 4.27. The molecule has 1 saturated heterocycles. The number of hydrogen-bond donors (Lipinski definition) is 0. The summed E-state index contributed by atoms with van der Waals surface area (Å²) >= 11 is 1.67. The molecule has 1 atom stereocenters. The predicted molar refractivity (Wildman–Crippen MR) is 65.2 cm³/mol. The number of sulfonamides is 1. The molecular formula is C10H16N2O2S2. The molecule has 1 unspecified atom stereocenters. The van der Waals surface area contributed by atoms with Crippen LogP contribution in [0.5, 0.6) is 0 Å². The van der Waals surface area contributed by atoms with E-state index in [1.807, 2.05) is 13.1 Å². The molecule has 2 heterocycles. The Bertz CT molecular complexity index is 467. The van der Waals surface area contributed by atoms with E-state index in [0.717, 1.165) is 17.8 Å². The van der Waals surface area contributed by atoms with Gasteiger partial charge in [-0.05, 0) is 19.8 Å². The van der Waals surface area contributed by atoms with Gasteiger partial charge in [0, 0.05) is 30.1 Å². The Morgan fingerprint density at radius 2 is 2.31 bits per heavy atom. The number of thiazole rings is 1. The molecule has 1 aliphatic heterocycles. The van der Waals surface area contributed by atoms with Crippen molar-refractivity contribution < 1.29 is 8.42 Å². The maximum atomic E-state index is 11.5. The first-order valence-corrected chi connectivity index (χ1v) is 8.01. The van der Waals surface area contributed by atoms with Crippen LogP contribution >= 0.6 is 11.3 Å². The summed E-state index contributed by atoms with van der Waals surface area (Å²) in [6, 6.07) is 0. The summed E-state index contributed by atoms with van der Waals surface area (Å²) in [5.74, 6) is 0.280. The molecule has 0 saturated carbocycles. The van der Waals surface area contributed by atoms with Gasteiger partial charge in [-0.3, -0.25) is 0 Å². The number of aryl methyl sites for hydroxylation is 1. The average molecular weight is 260 g/mol. The molecule has 4 nitrogen and oxygen atoms in total. The van der Waals surface area contributed by atoms with Crippen molar-refractivity contribution in [2.24, 2.45) is 0 Å². The topological polar surface area (TPSA) is 50.3 Å². The zero-order valence-corrected chi connectivity index (χ0v) is 11.1. The molecule has 0 bridgehead atoms. The van der Waals surface area contributed by atoms with Gasteiger partial charge in [-0.25, -0.2) is 17.7 Å². The van der Waals surface area contributed by atoms with Gasteiger partial charge in [-0.1, -0.05) is 0 Å². The van der Waals surface area contributed by atoms with Crippen LogP contribution in [0.15, 0.2) is 6.20 Å². The Morgan fingerprint density at radius 1 is 1.56 bits per heavy atom. The van der Waals surface area contributed by atoms with E-state index in [-0.39, 0.29) is 5.92 Å². The highest BCUT2D eigenvalue weighted by Gasteiger charge is 2.28. The van der Waals surface area contributed by atoms with Crippen LogP contribution in [0.1, 0.15) is 28.6 Å². The third-order valence-corrected chi connectivity index (χ3v) is 5.19. The quantitative estimate of drug-likeness (QED) is 0.811. The Kier molecular flexibility index (Phi) is 3.32.